The topological polar surface area (TPSA) is 83.6 Å². The molecule has 0 spiro atoms. The molecular formula is C18H34N2O3. The lowest BCUT2D eigenvalue weighted by molar-refractivity contribution is -0.141. The average Bonchev–Trinajstić information content (AvgIpc) is 2.90. The molecule has 0 aromatic heterocycles. The third kappa shape index (κ3) is 8.94. The molecule has 5 nitrogen and oxygen atoms in total. The zero-order chi connectivity index (χ0) is 16.9. The molecule has 3 N–H and O–H groups in total. The summed E-state index contributed by atoms with van der Waals surface area (Å²) >= 11 is 0. The van der Waals surface area contributed by atoms with Gasteiger partial charge in [-0.25, -0.2) is 0 Å². The Kier molecular flexibility index (Phi) is 10.7. The Labute approximate surface area is 140 Å². The second-order valence-electron chi connectivity index (χ2n) is 6.76. The van der Waals surface area contributed by atoms with Crippen molar-refractivity contribution in [2.75, 3.05) is 19.6 Å². The van der Waals surface area contributed by atoms with Gasteiger partial charge in [0.15, 0.2) is 0 Å². The van der Waals surface area contributed by atoms with Gasteiger partial charge in [-0.15, -0.1) is 0 Å². The Morgan fingerprint density at radius 3 is 1.87 bits per heavy atom. The first-order chi connectivity index (χ1) is 11.1. The van der Waals surface area contributed by atoms with Crippen LogP contribution in [0.1, 0.15) is 77.0 Å². The maximum absolute atomic E-state index is 11.7. The number of unbranched alkanes of at least 4 members (excludes halogenated alkanes) is 10. The van der Waals surface area contributed by atoms with Crippen molar-refractivity contribution in [3.05, 3.63) is 0 Å². The van der Waals surface area contributed by atoms with E-state index < -0.39 is 11.9 Å². The quantitative estimate of drug-likeness (QED) is 0.480. The Balaban J connectivity index is 1.87. The van der Waals surface area contributed by atoms with Crippen molar-refractivity contribution >= 4 is 11.9 Å². The summed E-state index contributed by atoms with van der Waals surface area (Å²) in [7, 11) is 0. The second-order valence-corrected chi connectivity index (χ2v) is 6.76. The average molecular weight is 326 g/mol. The van der Waals surface area contributed by atoms with Crippen molar-refractivity contribution in [3.63, 3.8) is 0 Å². The van der Waals surface area contributed by atoms with E-state index in [1.165, 1.54) is 51.4 Å². The normalized spacial score (nSPS) is 17.9. The Hall–Kier alpha value is -1.10. The molecule has 0 aliphatic carbocycles. The van der Waals surface area contributed by atoms with Gasteiger partial charge in [-0.05, 0) is 19.4 Å². The molecule has 1 unspecified atom stereocenters. The fraction of sp³-hybridized carbons (Fsp3) is 0.889. The lowest BCUT2D eigenvalue weighted by atomic mass is 10.1. The summed E-state index contributed by atoms with van der Waals surface area (Å²) in [5.41, 5.74) is 5.47. The molecule has 0 aromatic carbocycles. The second kappa shape index (κ2) is 12.3. The number of carbonyl (C=O) groups excluding carboxylic acids is 1. The van der Waals surface area contributed by atoms with Gasteiger partial charge in [0.1, 0.15) is 0 Å². The summed E-state index contributed by atoms with van der Waals surface area (Å²) in [5.74, 6) is -1.33. The van der Waals surface area contributed by atoms with Crippen molar-refractivity contribution in [1.82, 2.24) is 4.90 Å². The zero-order valence-electron chi connectivity index (χ0n) is 14.5. The summed E-state index contributed by atoms with van der Waals surface area (Å²) in [6.07, 6.45) is 13.9. The van der Waals surface area contributed by atoms with E-state index >= 15 is 0 Å². The minimum atomic E-state index is -0.844. The molecule has 1 heterocycles. The number of aliphatic carboxylic acids is 1. The van der Waals surface area contributed by atoms with E-state index in [-0.39, 0.29) is 12.3 Å². The molecule has 1 aliphatic rings. The molecule has 134 valence electrons. The molecule has 1 atom stereocenters. The highest BCUT2D eigenvalue weighted by atomic mass is 16.4. The van der Waals surface area contributed by atoms with Crippen LogP contribution in [0.3, 0.4) is 0 Å². The standard InChI is InChI=1S/C18H34N2O3/c19-12-10-8-6-4-2-1-3-5-7-9-11-13-20-15-16(18(22)23)14-17(20)21/h16H,1-15,19H2,(H,22,23). The van der Waals surface area contributed by atoms with Crippen LogP contribution in [0, 0.1) is 5.92 Å². The predicted molar refractivity (Wildman–Crippen MR) is 92.2 cm³/mol. The molecule has 1 fully saturated rings. The summed E-state index contributed by atoms with van der Waals surface area (Å²) < 4.78 is 0. The Bertz CT molecular complexity index is 347. The number of hydrogen-bond acceptors (Lipinski definition) is 3. The summed E-state index contributed by atoms with van der Waals surface area (Å²) in [6, 6.07) is 0. The van der Waals surface area contributed by atoms with E-state index in [1.807, 2.05) is 0 Å². The van der Waals surface area contributed by atoms with Crippen molar-refractivity contribution in [2.24, 2.45) is 11.7 Å². The number of nitrogens with zero attached hydrogens (tertiary/aromatic N) is 1. The lowest BCUT2D eigenvalue weighted by Gasteiger charge is -2.15. The highest BCUT2D eigenvalue weighted by molar-refractivity contribution is 5.86. The molecule has 1 amide bonds. The van der Waals surface area contributed by atoms with Gasteiger partial charge >= 0.3 is 5.97 Å². The molecule has 0 saturated carbocycles. The van der Waals surface area contributed by atoms with Crippen LogP contribution in [0.4, 0.5) is 0 Å². The third-order valence-electron chi connectivity index (χ3n) is 4.70. The minimum absolute atomic E-state index is 0.00651. The van der Waals surface area contributed by atoms with Crippen LogP contribution in [-0.4, -0.2) is 41.5 Å². The van der Waals surface area contributed by atoms with Crippen LogP contribution in [0.25, 0.3) is 0 Å². The number of amides is 1. The molecule has 0 radical (unpaired) electrons. The summed E-state index contributed by atoms with van der Waals surface area (Å²) in [5, 5.41) is 8.94. The largest absolute Gasteiger partial charge is 0.481 e. The van der Waals surface area contributed by atoms with E-state index in [0.717, 1.165) is 32.4 Å². The highest BCUT2D eigenvalue weighted by Crippen LogP contribution is 2.19. The van der Waals surface area contributed by atoms with Crippen molar-refractivity contribution in [3.8, 4) is 0 Å². The van der Waals surface area contributed by atoms with Gasteiger partial charge in [-0.2, -0.15) is 0 Å². The number of rotatable bonds is 14. The van der Waals surface area contributed by atoms with Crippen molar-refractivity contribution in [2.45, 2.75) is 77.0 Å². The predicted octanol–water partition coefficient (Wildman–Crippen LogP) is 3.17. The molecular weight excluding hydrogens is 292 g/mol. The maximum Gasteiger partial charge on any atom is 0.308 e. The monoisotopic (exact) mass is 326 g/mol. The summed E-state index contributed by atoms with van der Waals surface area (Å²) in [6.45, 7) is 1.95. The fourth-order valence-electron chi connectivity index (χ4n) is 3.19. The van der Waals surface area contributed by atoms with Crippen molar-refractivity contribution < 1.29 is 14.7 Å². The Morgan fingerprint density at radius 2 is 1.43 bits per heavy atom. The number of nitrogens with two attached hydrogens (primary N) is 1. The van der Waals surface area contributed by atoms with Crippen LogP contribution >= 0.6 is 0 Å². The SMILES string of the molecule is NCCCCCCCCCCCCCN1CC(C(=O)O)CC1=O. The van der Waals surface area contributed by atoms with Crippen LogP contribution in [-0.2, 0) is 9.59 Å². The molecule has 0 aromatic rings. The first-order valence-corrected chi connectivity index (χ1v) is 9.35. The van der Waals surface area contributed by atoms with Crippen LogP contribution in [0.2, 0.25) is 0 Å². The molecule has 23 heavy (non-hydrogen) atoms. The Morgan fingerprint density at radius 1 is 0.957 bits per heavy atom. The number of carbonyl (C=O) groups is 2. The number of hydrogen-bond donors (Lipinski definition) is 2. The van der Waals surface area contributed by atoms with E-state index in [9.17, 15) is 9.59 Å². The lowest BCUT2D eigenvalue weighted by Crippen LogP contribution is -2.27. The van der Waals surface area contributed by atoms with Gasteiger partial charge in [-0.1, -0.05) is 57.8 Å². The van der Waals surface area contributed by atoms with Gasteiger partial charge in [0.05, 0.1) is 5.92 Å². The van der Waals surface area contributed by atoms with Crippen LogP contribution in [0.15, 0.2) is 0 Å². The van der Waals surface area contributed by atoms with E-state index in [4.69, 9.17) is 10.8 Å². The fourth-order valence-corrected chi connectivity index (χ4v) is 3.19. The highest BCUT2D eigenvalue weighted by Gasteiger charge is 2.33. The number of likely N-dealkylation sites (tertiary alicyclic amines) is 1. The van der Waals surface area contributed by atoms with E-state index in [2.05, 4.69) is 0 Å². The van der Waals surface area contributed by atoms with Gasteiger partial charge in [0.25, 0.3) is 0 Å². The van der Waals surface area contributed by atoms with Crippen LogP contribution in [0.5, 0.6) is 0 Å². The summed E-state index contributed by atoms with van der Waals surface area (Å²) in [4.78, 5) is 24.3. The maximum atomic E-state index is 11.7. The molecule has 1 aliphatic heterocycles. The molecule has 1 rings (SSSR count). The van der Waals surface area contributed by atoms with Gasteiger partial charge < -0.3 is 15.7 Å². The first kappa shape index (κ1) is 19.9. The molecule has 0 bridgehead atoms. The zero-order valence-corrected chi connectivity index (χ0v) is 14.5. The third-order valence-corrected chi connectivity index (χ3v) is 4.70. The van der Waals surface area contributed by atoms with E-state index in [0.29, 0.717) is 6.54 Å². The molecule has 5 heteroatoms. The first-order valence-electron chi connectivity index (χ1n) is 9.35. The minimum Gasteiger partial charge on any atom is -0.481 e. The van der Waals surface area contributed by atoms with Crippen molar-refractivity contribution in [1.29, 1.82) is 0 Å². The van der Waals surface area contributed by atoms with E-state index in [1.54, 1.807) is 4.90 Å². The smallest absolute Gasteiger partial charge is 0.308 e. The number of carboxylic acids is 1. The molecule has 1 saturated heterocycles. The van der Waals surface area contributed by atoms with Gasteiger partial charge in [0.2, 0.25) is 5.91 Å². The van der Waals surface area contributed by atoms with Gasteiger partial charge in [-0.3, -0.25) is 9.59 Å². The number of carboxylic acid groups (broad SMARTS) is 1. The van der Waals surface area contributed by atoms with Crippen LogP contribution < -0.4 is 5.73 Å². The van der Waals surface area contributed by atoms with Gasteiger partial charge in [0, 0.05) is 19.5 Å².